The fourth-order valence-corrected chi connectivity index (χ4v) is 2.39. The van der Waals surface area contributed by atoms with Crippen LogP contribution >= 0.6 is 0 Å². The molecule has 0 radical (unpaired) electrons. The van der Waals surface area contributed by atoms with Gasteiger partial charge in [0, 0.05) is 12.7 Å². The Balaban J connectivity index is 2.42. The van der Waals surface area contributed by atoms with Crippen LogP contribution in [-0.2, 0) is 6.54 Å². The van der Waals surface area contributed by atoms with Crippen molar-refractivity contribution in [1.29, 1.82) is 0 Å². The summed E-state index contributed by atoms with van der Waals surface area (Å²) in [6.45, 7) is 6.09. The van der Waals surface area contributed by atoms with Crippen molar-refractivity contribution >= 4 is 0 Å². The van der Waals surface area contributed by atoms with E-state index in [1.807, 2.05) is 29.1 Å². The second-order valence-corrected chi connectivity index (χ2v) is 4.96. The largest absolute Gasteiger partial charge is 0.493 e. The SMILES string of the molecule is CCCNC(c1ccccn1)c1c(OC)cnn1CCC. The first kappa shape index (κ1) is 15.5. The number of nitrogens with zero attached hydrogens (tertiary/aromatic N) is 3. The fraction of sp³-hybridized carbons (Fsp3) is 0.500. The highest BCUT2D eigenvalue weighted by atomic mass is 16.5. The van der Waals surface area contributed by atoms with Gasteiger partial charge in [-0.25, -0.2) is 0 Å². The molecule has 0 fully saturated rings. The van der Waals surface area contributed by atoms with Crippen LogP contribution in [-0.4, -0.2) is 28.4 Å². The van der Waals surface area contributed by atoms with Gasteiger partial charge in [-0.1, -0.05) is 19.9 Å². The van der Waals surface area contributed by atoms with Gasteiger partial charge in [-0.15, -0.1) is 0 Å². The summed E-state index contributed by atoms with van der Waals surface area (Å²) in [5, 5.41) is 8.01. The van der Waals surface area contributed by atoms with Crippen molar-refractivity contribution in [2.45, 2.75) is 39.3 Å². The number of methoxy groups -OCH3 is 1. The van der Waals surface area contributed by atoms with Crippen molar-refractivity contribution < 1.29 is 4.74 Å². The van der Waals surface area contributed by atoms with Crippen LogP contribution in [0.4, 0.5) is 0 Å². The molecular formula is C16H24N4O. The summed E-state index contributed by atoms with van der Waals surface area (Å²) in [6, 6.07) is 5.97. The quantitative estimate of drug-likeness (QED) is 0.811. The minimum absolute atomic E-state index is 0.00449. The van der Waals surface area contributed by atoms with Gasteiger partial charge < -0.3 is 10.1 Å². The van der Waals surface area contributed by atoms with Gasteiger partial charge in [-0.3, -0.25) is 9.67 Å². The third kappa shape index (κ3) is 3.61. The van der Waals surface area contributed by atoms with Gasteiger partial charge in [-0.05, 0) is 31.5 Å². The molecule has 1 N–H and O–H groups in total. The van der Waals surface area contributed by atoms with E-state index < -0.39 is 0 Å². The summed E-state index contributed by atoms with van der Waals surface area (Å²) in [4.78, 5) is 4.51. The number of nitrogens with one attached hydrogen (secondary N) is 1. The Morgan fingerprint density at radius 2 is 2.14 bits per heavy atom. The molecular weight excluding hydrogens is 264 g/mol. The summed E-state index contributed by atoms with van der Waals surface area (Å²) in [6.07, 6.45) is 5.70. The van der Waals surface area contributed by atoms with Gasteiger partial charge in [0.25, 0.3) is 0 Å². The van der Waals surface area contributed by atoms with Crippen molar-refractivity contribution in [1.82, 2.24) is 20.1 Å². The standard InChI is InChI=1S/C16H24N4O/c1-4-9-18-15(13-8-6-7-10-17-13)16-14(21-3)12-19-20(16)11-5-2/h6-8,10,12,15,18H,4-5,9,11H2,1-3H3. The average molecular weight is 288 g/mol. The van der Waals surface area contributed by atoms with Crippen molar-refractivity contribution in [3.63, 3.8) is 0 Å². The second kappa shape index (κ2) is 7.78. The molecule has 0 aliphatic rings. The van der Waals surface area contributed by atoms with E-state index in [2.05, 4.69) is 29.2 Å². The molecule has 0 aliphatic carbocycles. The van der Waals surface area contributed by atoms with E-state index in [0.717, 1.165) is 43.1 Å². The molecule has 1 atom stereocenters. The van der Waals surface area contributed by atoms with Gasteiger partial charge in [0.15, 0.2) is 5.75 Å². The zero-order valence-corrected chi connectivity index (χ0v) is 13.0. The summed E-state index contributed by atoms with van der Waals surface area (Å²) in [7, 11) is 1.69. The lowest BCUT2D eigenvalue weighted by Gasteiger charge is -2.20. The first-order valence-electron chi connectivity index (χ1n) is 7.55. The Hall–Kier alpha value is -1.88. The highest BCUT2D eigenvalue weighted by Gasteiger charge is 2.23. The summed E-state index contributed by atoms with van der Waals surface area (Å²) in [5.74, 6) is 0.808. The molecule has 2 heterocycles. The first-order chi connectivity index (χ1) is 10.3. The molecule has 5 heteroatoms. The number of aryl methyl sites for hydroxylation is 1. The van der Waals surface area contributed by atoms with E-state index in [4.69, 9.17) is 4.74 Å². The number of ether oxygens (including phenoxy) is 1. The number of hydrogen-bond acceptors (Lipinski definition) is 4. The molecule has 0 aromatic carbocycles. The Kier molecular flexibility index (Phi) is 5.75. The minimum Gasteiger partial charge on any atom is -0.493 e. The predicted octanol–water partition coefficient (Wildman–Crippen LogP) is 2.79. The van der Waals surface area contributed by atoms with Crippen LogP contribution in [0, 0.1) is 0 Å². The van der Waals surface area contributed by atoms with Crippen LogP contribution < -0.4 is 10.1 Å². The van der Waals surface area contributed by atoms with E-state index in [9.17, 15) is 0 Å². The van der Waals surface area contributed by atoms with E-state index in [0.29, 0.717) is 0 Å². The molecule has 0 amide bonds. The number of aromatic nitrogens is 3. The molecule has 21 heavy (non-hydrogen) atoms. The fourth-order valence-electron chi connectivity index (χ4n) is 2.39. The Morgan fingerprint density at radius 3 is 2.76 bits per heavy atom. The second-order valence-electron chi connectivity index (χ2n) is 4.96. The van der Waals surface area contributed by atoms with E-state index in [1.54, 1.807) is 13.3 Å². The Bertz CT molecular complexity index is 538. The maximum atomic E-state index is 5.50. The molecule has 114 valence electrons. The maximum absolute atomic E-state index is 5.50. The van der Waals surface area contributed by atoms with Gasteiger partial charge >= 0.3 is 0 Å². The zero-order valence-electron chi connectivity index (χ0n) is 13.0. The van der Waals surface area contributed by atoms with Crippen molar-refractivity contribution in [3.8, 4) is 5.75 Å². The molecule has 0 saturated heterocycles. The first-order valence-corrected chi connectivity index (χ1v) is 7.55. The number of hydrogen-bond donors (Lipinski definition) is 1. The zero-order chi connectivity index (χ0) is 15.1. The molecule has 1 unspecified atom stereocenters. The molecule has 2 aromatic heterocycles. The van der Waals surface area contributed by atoms with Crippen LogP contribution in [0.25, 0.3) is 0 Å². The van der Waals surface area contributed by atoms with Gasteiger partial charge in [0.2, 0.25) is 0 Å². The number of rotatable bonds is 8. The van der Waals surface area contributed by atoms with Gasteiger partial charge in [0.1, 0.15) is 5.69 Å². The minimum atomic E-state index is -0.00449. The molecule has 0 spiro atoms. The van der Waals surface area contributed by atoms with Crippen LogP contribution in [0.5, 0.6) is 5.75 Å². The van der Waals surface area contributed by atoms with Gasteiger partial charge in [0.05, 0.1) is 25.0 Å². The Morgan fingerprint density at radius 1 is 1.29 bits per heavy atom. The van der Waals surface area contributed by atoms with Crippen molar-refractivity contribution in [2.75, 3.05) is 13.7 Å². The summed E-state index contributed by atoms with van der Waals surface area (Å²) in [5.41, 5.74) is 2.04. The third-order valence-corrected chi connectivity index (χ3v) is 3.36. The highest BCUT2D eigenvalue weighted by Crippen LogP contribution is 2.29. The lowest BCUT2D eigenvalue weighted by atomic mass is 10.1. The lowest BCUT2D eigenvalue weighted by molar-refractivity contribution is 0.396. The molecule has 0 bridgehead atoms. The normalized spacial score (nSPS) is 12.3. The third-order valence-electron chi connectivity index (χ3n) is 3.36. The molecule has 0 aliphatic heterocycles. The molecule has 2 rings (SSSR count). The van der Waals surface area contributed by atoms with Crippen LogP contribution in [0.15, 0.2) is 30.6 Å². The van der Waals surface area contributed by atoms with E-state index in [1.165, 1.54) is 0 Å². The Labute approximate surface area is 126 Å². The summed E-state index contributed by atoms with van der Waals surface area (Å²) >= 11 is 0. The monoisotopic (exact) mass is 288 g/mol. The van der Waals surface area contributed by atoms with Crippen molar-refractivity contribution in [2.24, 2.45) is 0 Å². The van der Waals surface area contributed by atoms with Crippen LogP contribution in [0.2, 0.25) is 0 Å². The average Bonchev–Trinajstić information content (AvgIpc) is 2.92. The smallest absolute Gasteiger partial charge is 0.161 e. The molecule has 5 nitrogen and oxygen atoms in total. The van der Waals surface area contributed by atoms with Gasteiger partial charge in [-0.2, -0.15) is 5.10 Å². The molecule has 2 aromatic rings. The van der Waals surface area contributed by atoms with Crippen LogP contribution in [0.1, 0.15) is 44.1 Å². The van der Waals surface area contributed by atoms with E-state index >= 15 is 0 Å². The summed E-state index contributed by atoms with van der Waals surface area (Å²) < 4.78 is 7.52. The predicted molar refractivity (Wildman–Crippen MR) is 83.4 cm³/mol. The number of pyridine rings is 1. The van der Waals surface area contributed by atoms with E-state index in [-0.39, 0.29) is 6.04 Å². The molecule has 0 saturated carbocycles. The highest BCUT2D eigenvalue weighted by molar-refractivity contribution is 5.34. The maximum Gasteiger partial charge on any atom is 0.161 e. The van der Waals surface area contributed by atoms with Crippen LogP contribution in [0.3, 0.4) is 0 Å². The van der Waals surface area contributed by atoms with Crippen molar-refractivity contribution in [3.05, 3.63) is 42.0 Å². The lowest BCUT2D eigenvalue weighted by Crippen LogP contribution is -2.27. The topological polar surface area (TPSA) is 52.0 Å².